The van der Waals surface area contributed by atoms with E-state index in [1.54, 1.807) is 0 Å². The molecule has 0 radical (unpaired) electrons. The molecule has 1 fully saturated rings. The molecule has 0 bridgehead atoms. The summed E-state index contributed by atoms with van der Waals surface area (Å²) in [6.45, 7) is -1.64. The number of ether oxygens (including phenoxy) is 2. The van der Waals surface area contributed by atoms with Crippen molar-refractivity contribution in [3.63, 3.8) is 0 Å². The van der Waals surface area contributed by atoms with Gasteiger partial charge in [-0.1, -0.05) is 11.6 Å². The van der Waals surface area contributed by atoms with Crippen molar-refractivity contribution < 1.29 is 46.2 Å². The molecule has 1 aromatic heterocycles. The summed E-state index contributed by atoms with van der Waals surface area (Å²) in [7, 11) is 0. The maximum absolute atomic E-state index is 13.8. The maximum Gasteiger partial charge on any atom is 0.408 e. The number of anilines is 2. The van der Waals surface area contributed by atoms with Gasteiger partial charge in [0.25, 0.3) is 24.7 Å². The minimum absolute atomic E-state index is 0.148. The summed E-state index contributed by atoms with van der Waals surface area (Å²) in [5, 5.41) is 6.63. The van der Waals surface area contributed by atoms with Crippen molar-refractivity contribution in [3.8, 4) is 0 Å². The van der Waals surface area contributed by atoms with Gasteiger partial charge in [0.15, 0.2) is 6.61 Å². The van der Waals surface area contributed by atoms with Crippen LogP contribution in [0.2, 0.25) is 4.34 Å². The van der Waals surface area contributed by atoms with Gasteiger partial charge in [-0.3, -0.25) is 14.4 Å². The molecule has 38 heavy (non-hydrogen) atoms. The number of rotatable bonds is 10. The Balaban J connectivity index is 1.77. The predicted octanol–water partition coefficient (Wildman–Crippen LogP) is 3.43. The summed E-state index contributed by atoms with van der Waals surface area (Å²) < 4.78 is 62.1. The Morgan fingerprint density at radius 2 is 1.92 bits per heavy atom. The van der Waals surface area contributed by atoms with Gasteiger partial charge < -0.3 is 30.3 Å². The number of morpholine rings is 1. The molecular formula is C22H21ClF4N4O6S. The van der Waals surface area contributed by atoms with Gasteiger partial charge in [0.05, 0.1) is 15.8 Å². The van der Waals surface area contributed by atoms with E-state index >= 15 is 0 Å². The predicted molar refractivity (Wildman–Crippen MR) is 129 cm³/mol. The SMILES string of the molecule is O=C(N[C@H](CNC(=O)c1ccc(Cl)s1)C(=O)Nc1ccc(N2CCOCC2=O)cc1C(F)F)OCC(F)F. The monoisotopic (exact) mass is 580 g/mol. The van der Waals surface area contributed by atoms with E-state index in [1.807, 2.05) is 5.32 Å². The number of carbonyl (C=O) groups is 4. The average Bonchev–Trinajstić information content (AvgIpc) is 3.31. The number of thiophene rings is 1. The van der Waals surface area contributed by atoms with Crippen LogP contribution in [0.25, 0.3) is 0 Å². The van der Waals surface area contributed by atoms with Crippen molar-refractivity contribution in [1.82, 2.24) is 10.6 Å². The number of halogens is 5. The van der Waals surface area contributed by atoms with Crippen LogP contribution in [0.5, 0.6) is 0 Å². The molecule has 1 aromatic carbocycles. The lowest BCUT2D eigenvalue weighted by atomic mass is 10.1. The molecule has 206 valence electrons. The number of nitrogens with one attached hydrogen (secondary N) is 3. The van der Waals surface area contributed by atoms with Gasteiger partial charge in [0, 0.05) is 30.0 Å². The molecule has 1 atom stereocenters. The first-order valence-corrected chi connectivity index (χ1v) is 12.1. The summed E-state index contributed by atoms with van der Waals surface area (Å²) in [5.74, 6) is -2.14. The number of alkyl halides is 4. The van der Waals surface area contributed by atoms with Crippen molar-refractivity contribution in [2.45, 2.75) is 18.9 Å². The van der Waals surface area contributed by atoms with Crippen molar-refractivity contribution in [3.05, 3.63) is 45.1 Å². The van der Waals surface area contributed by atoms with Gasteiger partial charge in [-0.25, -0.2) is 22.4 Å². The highest BCUT2D eigenvalue weighted by atomic mass is 35.5. The first-order chi connectivity index (χ1) is 18.0. The zero-order valence-electron chi connectivity index (χ0n) is 19.3. The molecule has 0 saturated carbocycles. The van der Waals surface area contributed by atoms with Gasteiger partial charge in [0.2, 0.25) is 5.91 Å². The van der Waals surface area contributed by atoms with Crippen LogP contribution < -0.4 is 20.9 Å². The van der Waals surface area contributed by atoms with Gasteiger partial charge >= 0.3 is 6.09 Å². The second kappa shape index (κ2) is 13.4. The highest BCUT2D eigenvalue weighted by molar-refractivity contribution is 7.18. The third-order valence-corrected chi connectivity index (χ3v) is 6.27. The molecule has 3 rings (SSSR count). The highest BCUT2D eigenvalue weighted by Gasteiger charge is 2.27. The lowest BCUT2D eigenvalue weighted by Crippen LogP contribution is -2.51. The third-order valence-electron chi connectivity index (χ3n) is 5.04. The molecule has 1 aliphatic rings. The summed E-state index contributed by atoms with van der Waals surface area (Å²) in [6, 6.07) is 4.79. The van der Waals surface area contributed by atoms with Crippen LogP contribution in [0.3, 0.4) is 0 Å². The van der Waals surface area contributed by atoms with E-state index in [4.69, 9.17) is 16.3 Å². The quantitative estimate of drug-likeness (QED) is 0.370. The molecular weight excluding hydrogens is 560 g/mol. The number of nitrogens with zero attached hydrogens (tertiary/aromatic N) is 1. The second-order valence-electron chi connectivity index (χ2n) is 7.66. The summed E-state index contributed by atoms with van der Waals surface area (Å²) in [4.78, 5) is 50.7. The fourth-order valence-electron chi connectivity index (χ4n) is 3.27. The van der Waals surface area contributed by atoms with Crippen LogP contribution in [0.1, 0.15) is 21.7 Å². The lowest BCUT2D eigenvalue weighted by molar-refractivity contribution is -0.125. The van der Waals surface area contributed by atoms with Crippen molar-refractivity contribution in [2.75, 3.05) is 43.1 Å². The summed E-state index contributed by atoms with van der Waals surface area (Å²) in [6.07, 6.45) is -7.43. The van der Waals surface area contributed by atoms with Crippen LogP contribution >= 0.6 is 22.9 Å². The van der Waals surface area contributed by atoms with Gasteiger partial charge in [0.1, 0.15) is 12.6 Å². The lowest BCUT2D eigenvalue weighted by Gasteiger charge is -2.27. The van der Waals surface area contributed by atoms with E-state index in [2.05, 4.69) is 15.4 Å². The standard InChI is InChI=1S/C22H21ClF4N4O6S/c23-16-4-3-15(38-16)21(34)28-8-14(30-22(35)37-9-17(24)25)20(33)29-13-2-1-11(7-12(13)19(26)27)31-5-6-36-10-18(31)32/h1-4,7,14,17,19H,5-6,8-10H2,(H,28,34)(H,29,33)(H,30,35)/t14-/m1/s1. The fourth-order valence-corrected chi connectivity index (χ4v) is 4.23. The Kier molecular flexibility index (Phi) is 10.3. The van der Waals surface area contributed by atoms with E-state index < -0.39 is 61.4 Å². The van der Waals surface area contributed by atoms with E-state index in [0.29, 0.717) is 4.34 Å². The fraction of sp³-hybridized carbons (Fsp3) is 0.364. The minimum atomic E-state index is -3.06. The van der Waals surface area contributed by atoms with E-state index in [0.717, 1.165) is 23.5 Å². The molecule has 1 saturated heterocycles. The Hall–Kier alpha value is -3.43. The molecule has 4 amide bonds. The number of alkyl carbamates (subject to hydrolysis) is 1. The zero-order chi connectivity index (χ0) is 27.8. The number of hydrogen-bond donors (Lipinski definition) is 3. The van der Waals surface area contributed by atoms with Crippen molar-refractivity contribution in [1.29, 1.82) is 0 Å². The second-order valence-corrected chi connectivity index (χ2v) is 9.37. The smallest absolute Gasteiger partial charge is 0.408 e. The first-order valence-electron chi connectivity index (χ1n) is 10.9. The molecule has 2 heterocycles. The van der Waals surface area contributed by atoms with Crippen LogP contribution in [-0.2, 0) is 19.1 Å². The molecule has 0 aliphatic carbocycles. The number of hydrogen-bond acceptors (Lipinski definition) is 7. The molecule has 0 unspecified atom stereocenters. The molecule has 16 heteroatoms. The van der Waals surface area contributed by atoms with Crippen LogP contribution in [0.4, 0.5) is 33.7 Å². The minimum Gasteiger partial charge on any atom is -0.443 e. The molecule has 0 spiro atoms. The molecule has 3 N–H and O–H groups in total. The first kappa shape index (κ1) is 29.1. The van der Waals surface area contributed by atoms with Crippen LogP contribution in [-0.4, -0.2) is 69.2 Å². The van der Waals surface area contributed by atoms with Crippen LogP contribution in [0, 0.1) is 0 Å². The normalized spacial score (nSPS) is 14.4. The van der Waals surface area contributed by atoms with E-state index in [1.165, 1.54) is 23.1 Å². The largest absolute Gasteiger partial charge is 0.443 e. The third kappa shape index (κ3) is 8.03. The summed E-state index contributed by atoms with van der Waals surface area (Å²) >= 11 is 6.74. The van der Waals surface area contributed by atoms with Crippen LogP contribution in [0.15, 0.2) is 30.3 Å². The van der Waals surface area contributed by atoms with Crippen molar-refractivity contribution >= 4 is 58.1 Å². The van der Waals surface area contributed by atoms with Gasteiger partial charge in [-0.05, 0) is 30.3 Å². The Morgan fingerprint density at radius 3 is 2.55 bits per heavy atom. The van der Waals surface area contributed by atoms with Gasteiger partial charge in [-0.15, -0.1) is 11.3 Å². The topological polar surface area (TPSA) is 126 Å². The Morgan fingerprint density at radius 1 is 1.16 bits per heavy atom. The number of carbonyl (C=O) groups excluding carboxylic acids is 4. The maximum atomic E-state index is 13.8. The molecule has 10 nitrogen and oxygen atoms in total. The van der Waals surface area contributed by atoms with Crippen molar-refractivity contribution in [2.24, 2.45) is 0 Å². The zero-order valence-corrected chi connectivity index (χ0v) is 20.9. The Labute approximate surface area is 222 Å². The highest BCUT2D eigenvalue weighted by Crippen LogP contribution is 2.32. The molecule has 2 aromatic rings. The van der Waals surface area contributed by atoms with E-state index in [-0.39, 0.29) is 36.0 Å². The number of benzene rings is 1. The number of amides is 4. The Bertz CT molecular complexity index is 1180. The average molecular weight is 581 g/mol. The van der Waals surface area contributed by atoms with Gasteiger partial charge in [-0.2, -0.15) is 0 Å². The summed E-state index contributed by atoms with van der Waals surface area (Å²) in [5.41, 5.74) is -0.788. The molecule has 1 aliphatic heterocycles. The van der Waals surface area contributed by atoms with E-state index in [9.17, 15) is 36.7 Å².